The van der Waals surface area contributed by atoms with Gasteiger partial charge in [0.05, 0.1) is 0 Å². The van der Waals surface area contributed by atoms with Crippen molar-refractivity contribution in [2.45, 2.75) is 32.3 Å². The van der Waals surface area contributed by atoms with Crippen LogP contribution in [0.2, 0.25) is 0 Å². The normalized spacial score (nSPS) is 22.1. The van der Waals surface area contributed by atoms with E-state index in [4.69, 9.17) is 4.74 Å². The van der Waals surface area contributed by atoms with Gasteiger partial charge in [-0.25, -0.2) is 0 Å². The molecule has 1 atom stereocenters. The third kappa shape index (κ3) is 3.43. The lowest BCUT2D eigenvalue weighted by Gasteiger charge is -2.35. The maximum atomic E-state index is 12.9. The van der Waals surface area contributed by atoms with Crippen LogP contribution >= 0.6 is 0 Å². The summed E-state index contributed by atoms with van der Waals surface area (Å²) in [7, 11) is 0. The van der Waals surface area contributed by atoms with E-state index in [1.807, 2.05) is 17.0 Å². The van der Waals surface area contributed by atoms with E-state index in [-0.39, 0.29) is 23.8 Å². The molecule has 0 spiro atoms. The summed E-state index contributed by atoms with van der Waals surface area (Å²) in [6, 6.07) is 5.57. The van der Waals surface area contributed by atoms with Crippen molar-refractivity contribution in [1.29, 1.82) is 0 Å². The number of nitrogens with zero attached hydrogens (tertiary/aromatic N) is 3. The molecule has 7 heteroatoms. The molecule has 1 aromatic rings. The van der Waals surface area contributed by atoms with Gasteiger partial charge in [-0.2, -0.15) is 0 Å². The summed E-state index contributed by atoms with van der Waals surface area (Å²) >= 11 is 0. The quantitative estimate of drug-likeness (QED) is 0.779. The zero-order valence-electron chi connectivity index (χ0n) is 15.6. The van der Waals surface area contributed by atoms with Gasteiger partial charge < -0.3 is 19.4 Å². The highest BCUT2D eigenvalue weighted by atomic mass is 16.5. The Morgan fingerprint density at radius 1 is 1.04 bits per heavy atom. The molecule has 0 aliphatic carbocycles. The van der Waals surface area contributed by atoms with Gasteiger partial charge in [0, 0.05) is 57.5 Å². The molecule has 27 heavy (non-hydrogen) atoms. The second-order valence-electron chi connectivity index (χ2n) is 7.38. The average Bonchev–Trinajstić information content (AvgIpc) is 3.36. The highest BCUT2D eigenvalue weighted by Gasteiger charge is 2.32. The smallest absolute Gasteiger partial charge is 0.253 e. The lowest BCUT2D eigenvalue weighted by Crippen LogP contribution is -2.52. The molecule has 3 aliphatic heterocycles. The highest BCUT2D eigenvalue weighted by Crippen LogP contribution is 2.29. The third-order valence-electron chi connectivity index (χ3n) is 5.69. The van der Waals surface area contributed by atoms with Crippen LogP contribution in [-0.4, -0.2) is 73.0 Å². The monoisotopic (exact) mass is 371 g/mol. The number of hydrogen-bond acceptors (Lipinski definition) is 4. The second kappa shape index (κ2) is 7.31. The lowest BCUT2D eigenvalue weighted by atomic mass is 10.1. The van der Waals surface area contributed by atoms with Gasteiger partial charge in [-0.1, -0.05) is 0 Å². The van der Waals surface area contributed by atoms with E-state index in [1.165, 1.54) is 0 Å². The number of fused-ring (bicyclic) bond motifs is 1. The van der Waals surface area contributed by atoms with Gasteiger partial charge in [0.25, 0.3) is 11.8 Å². The first-order valence-electron chi connectivity index (χ1n) is 9.65. The van der Waals surface area contributed by atoms with Crippen LogP contribution in [0.15, 0.2) is 18.2 Å². The van der Waals surface area contributed by atoms with Crippen molar-refractivity contribution in [2.24, 2.45) is 0 Å². The fraction of sp³-hybridized carbons (Fsp3) is 0.550. The lowest BCUT2D eigenvalue weighted by molar-refractivity contribution is -0.142. The number of amides is 3. The summed E-state index contributed by atoms with van der Waals surface area (Å²) in [6.07, 6.45) is 2.21. The third-order valence-corrected chi connectivity index (χ3v) is 5.69. The van der Waals surface area contributed by atoms with Crippen molar-refractivity contribution in [2.75, 3.05) is 44.2 Å². The van der Waals surface area contributed by atoms with Crippen molar-refractivity contribution in [3.63, 3.8) is 0 Å². The molecule has 2 saturated heterocycles. The first kappa shape index (κ1) is 18.0. The number of carbonyl (C=O) groups is 3. The van der Waals surface area contributed by atoms with Crippen molar-refractivity contribution >= 4 is 23.4 Å². The van der Waals surface area contributed by atoms with Gasteiger partial charge in [-0.3, -0.25) is 14.4 Å². The van der Waals surface area contributed by atoms with Gasteiger partial charge >= 0.3 is 0 Å². The number of piperazine rings is 1. The van der Waals surface area contributed by atoms with Crippen molar-refractivity contribution < 1.29 is 19.1 Å². The first-order valence-corrected chi connectivity index (χ1v) is 9.65. The van der Waals surface area contributed by atoms with Crippen LogP contribution in [0, 0.1) is 0 Å². The van der Waals surface area contributed by atoms with E-state index >= 15 is 0 Å². The number of anilines is 1. The van der Waals surface area contributed by atoms with Crippen molar-refractivity contribution in [3.8, 4) is 0 Å². The summed E-state index contributed by atoms with van der Waals surface area (Å²) in [5, 5.41) is 0. The molecule has 3 amide bonds. The van der Waals surface area contributed by atoms with Crippen LogP contribution < -0.4 is 4.90 Å². The standard InChI is InChI=1S/C20H25N3O4/c1-14(24)23-7-6-15-13-16(4-5-17(15)23)19(25)21-8-10-22(11-9-21)20(26)18-3-2-12-27-18/h4-5,13,18H,2-3,6-12H2,1H3. The fourth-order valence-corrected chi connectivity index (χ4v) is 4.15. The Kier molecular flexibility index (Phi) is 4.86. The Bertz CT molecular complexity index is 764. The Labute approximate surface area is 158 Å². The number of rotatable bonds is 2. The van der Waals surface area contributed by atoms with Crippen molar-refractivity contribution in [1.82, 2.24) is 9.80 Å². The molecule has 1 unspecified atom stereocenters. The first-order chi connectivity index (χ1) is 13.0. The molecule has 0 bridgehead atoms. The largest absolute Gasteiger partial charge is 0.368 e. The predicted octanol–water partition coefficient (Wildman–Crippen LogP) is 1.06. The molecule has 7 nitrogen and oxygen atoms in total. The van der Waals surface area contributed by atoms with Crippen LogP contribution in [0.3, 0.4) is 0 Å². The van der Waals surface area contributed by atoms with Gasteiger partial charge in [-0.15, -0.1) is 0 Å². The molecule has 3 aliphatic rings. The summed E-state index contributed by atoms with van der Waals surface area (Å²) in [4.78, 5) is 42.3. The number of hydrogen-bond donors (Lipinski definition) is 0. The summed E-state index contributed by atoms with van der Waals surface area (Å²) in [5.74, 6) is 0.0737. The summed E-state index contributed by atoms with van der Waals surface area (Å²) < 4.78 is 5.48. The van der Waals surface area contributed by atoms with E-state index in [0.717, 1.165) is 30.5 Å². The van der Waals surface area contributed by atoms with E-state index in [2.05, 4.69) is 0 Å². The van der Waals surface area contributed by atoms with Gasteiger partial charge in [0.2, 0.25) is 5.91 Å². The van der Waals surface area contributed by atoms with E-state index in [1.54, 1.807) is 22.8 Å². The molecule has 0 saturated carbocycles. The van der Waals surface area contributed by atoms with E-state index in [9.17, 15) is 14.4 Å². The summed E-state index contributed by atoms with van der Waals surface area (Å²) in [6.45, 7) is 5.06. The van der Waals surface area contributed by atoms with Gasteiger partial charge in [-0.05, 0) is 43.0 Å². The van der Waals surface area contributed by atoms with Gasteiger partial charge in [0.1, 0.15) is 6.10 Å². The minimum atomic E-state index is -0.298. The molecule has 0 N–H and O–H groups in total. The Hall–Kier alpha value is -2.41. The predicted molar refractivity (Wildman–Crippen MR) is 99.6 cm³/mol. The SMILES string of the molecule is CC(=O)N1CCc2cc(C(=O)N3CCN(C(=O)C4CCCO4)CC3)ccc21. The Morgan fingerprint density at radius 2 is 1.78 bits per heavy atom. The Balaban J connectivity index is 1.38. The molecule has 0 radical (unpaired) electrons. The number of benzene rings is 1. The second-order valence-corrected chi connectivity index (χ2v) is 7.38. The van der Waals surface area contributed by atoms with Gasteiger partial charge in [0.15, 0.2) is 0 Å². The van der Waals surface area contributed by atoms with Crippen LogP contribution in [0.1, 0.15) is 35.7 Å². The maximum Gasteiger partial charge on any atom is 0.253 e. The highest BCUT2D eigenvalue weighted by molar-refractivity contribution is 5.98. The van der Waals surface area contributed by atoms with Crippen molar-refractivity contribution in [3.05, 3.63) is 29.3 Å². The molecule has 144 valence electrons. The molecule has 4 rings (SSSR count). The molecular weight excluding hydrogens is 346 g/mol. The fourth-order valence-electron chi connectivity index (χ4n) is 4.15. The van der Waals surface area contributed by atoms with E-state index in [0.29, 0.717) is 44.9 Å². The number of ether oxygens (including phenoxy) is 1. The van der Waals surface area contributed by atoms with Crippen LogP contribution in [-0.2, 0) is 20.7 Å². The molecule has 2 fully saturated rings. The molecule has 1 aromatic carbocycles. The zero-order chi connectivity index (χ0) is 19.0. The average molecular weight is 371 g/mol. The zero-order valence-corrected chi connectivity index (χ0v) is 15.6. The maximum absolute atomic E-state index is 12.9. The Morgan fingerprint density at radius 3 is 2.44 bits per heavy atom. The molecular formula is C20H25N3O4. The summed E-state index contributed by atoms with van der Waals surface area (Å²) in [5.41, 5.74) is 2.60. The topological polar surface area (TPSA) is 70.2 Å². The minimum absolute atomic E-state index is 0.0108. The minimum Gasteiger partial charge on any atom is -0.368 e. The molecule has 3 heterocycles. The van der Waals surface area contributed by atoms with E-state index < -0.39 is 0 Å². The number of carbonyl (C=O) groups excluding carboxylic acids is 3. The molecule has 0 aromatic heterocycles. The van der Waals surface area contributed by atoms with Crippen LogP contribution in [0.5, 0.6) is 0 Å². The van der Waals surface area contributed by atoms with Crippen LogP contribution in [0.25, 0.3) is 0 Å². The van der Waals surface area contributed by atoms with Crippen LogP contribution in [0.4, 0.5) is 5.69 Å².